The lowest BCUT2D eigenvalue weighted by Crippen LogP contribution is -2.13. The maximum Gasteiger partial charge on any atom is 0.256 e. The van der Waals surface area contributed by atoms with Crippen molar-refractivity contribution < 1.29 is 13.9 Å². The standard InChI is InChI=1S/C18H15FN2O2S2/c1-23-16-7-6-12(8-15(16)19)21-18(22)14-4-2-3-5-17(14)25-10-13-9-24-11-20-13/h2-9,11H,10H2,1H3,(H,21,22). The van der Waals surface area contributed by atoms with Gasteiger partial charge in [0, 0.05) is 27.8 Å². The second-order valence-electron chi connectivity index (χ2n) is 5.07. The molecule has 0 unspecified atom stereocenters. The van der Waals surface area contributed by atoms with Crippen LogP contribution >= 0.6 is 23.1 Å². The Bertz CT molecular complexity index is 869. The molecular formula is C18H15FN2O2S2. The Morgan fingerprint density at radius 3 is 2.88 bits per heavy atom. The summed E-state index contributed by atoms with van der Waals surface area (Å²) in [5, 5.41) is 4.70. The summed E-state index contributed by atoms with van der Waals surface area (Å²) < 4.78 is 18.7. The largest absolute Gasteiger partial charge is 0.494 e. The predicted octanol–water partition coefficient (Wildman–Crippen LogP) is 4.84. The number of nitrogens with one attached hydrogen (secondary N) is 1. The molecule has 4 nitrogen and oxygen atoms in total. The number of hydrogen-bond acceptors (Lipinski definition) is 5. The van der Waals surface area contributed by atoms with Crippen molar-refractivity contribution in [2.75, 3.05) is 12.4 Å². The fourth-order valence-electron chi connectivity index (χ4n) is 2.18. The Hall–Kier alpha value is -2.38. The maximum atomic E-state index is 13.8. The SMILES string of the molecule is COc1ccc(NC(=O)c2ccccc2SCc2cscn2)cc1F. The molecule has 7 heteroatoms. The van der Waals surface area contributed by atoms with E-state index >= 15 is 0 Å². The number of amides is 1. The van der Waals surface area contributed by atoms with E-state index in [4.69, 9.17) is 4.74 Å². The van der Waals surface area contributed by atoms with Crippen molar-refractivity contribution in [1.82, 2.24) is 4.98 Å². The van der Waals surface area contributed by atoms with Crippen LogP contribution in [0.15, 0.2) is 58.3 Å². The van der Waals surface area contributed by atoms with Gasteiger partial charge in [-0.3, -0.25) is 4.79 Å². The van der Waals surface area contributed by atoms with Gasteiger partial charge >= 0.3 is 0 Å². The Labute approximate surface area is 153 Å². The van der Waals surface area contributed by atoms with E-state index in [0.717, 1.165) is 10.6 Å². The zero-order chi connectivity index (χ0) is 17.6. The highest BCUT2D eigenvalue weighted by Gasteiger charge is 2.13. The first-order valence-electron chi connectivity index (χ1n) is 7.41. The minimum absolute atomic E-state index is 0.136. The molecule has 0 saturated heterocycles. The summed E-state index contributed by atoms with van der Waals surface area (Å²) in [6.07, 6.45) is 0. The number of anilines is 1. The number of hydrogen-bond donors (Lipinski definition) is 1. The Balaban J connectivity index is 1.74. The fraction of sp³-hybridized carbons (Fsp3) is 0.111. The first-order valence-corrected chi connectivity index (χ1v) is 9.34. The van der Waals surface area contributed by atoms with Crippen LogP contribution in [0.2, 0.25) is 0 Å². The highest BCUT2D eigenvalue weighted by Crippen LogP contribution is 2.27. The van der Waals surface area contributed by atoms with Gasteiger partial charge in [0.05, 0.1) is 23.9 Å². The average molecular weight is 374 g/mol. The van der Waals surface area contributed by atoms with Crippen LogP contribution < -0.4 is 10.1 Å². The molecule has 0 saturated carbocycles. The summed E-state index contributed by atoms with van der Waals surface area (Å²) in [6.45, 7) is 0. The number of thioether (sulfide) groups is 1. The molecule has 0 aliphatic heterocycles. The van der Waals surface area contributed by atoms with E-state index in [0.29, 0.717) is 17.0 Å². The monoisotopic (exact) mass is 374 g/mol. The molecule has 25 heavy (non-hydrogen) atoms. The average Bonchev–Trinajstić information content (AvgIpc) is 3.14. The highest BCUT2D eigenvalue weighted by atomic mass is 32.2. The van der Waals surface area contributed by atoms with Crippen molar-refractivity contribution in [2.45, 2.75) is 10.6 Å². The lowest BCUT2D eigenvalue weighted by molar-refractivity contribution is 0.102. The Morgan fingerprint density at radius 2 is 2.16 bits per heavy atom. The van der Waals surface area contributed by atoms with Crippen LogP contribution in [-0.4, -0.2) is 18.0 Å². The predicted molar refractivity (Wildman–Crippen MR) is 99.0 cm³/mol. The van der Waals surface area contributed by atoms with E-state index in [9.17, 15) is 9.18 Å². The van der Waals surface area contributed by atoms with Gasteiger partial charge < -0.3 is 10.1 Å². The fourth-order valence-corrected chi connectivity index (χ4v) is 3.80. The van der Waals surface area contributed by atoms with E-state index in [2.05, 4.69) is 10.3 Å². The molecule has 0 aliphatic carbocycles. The number of benzene rings is 2. The third-order valence-electron chi connectivity index (χ3n) is 3.40. The van der Waals surface area contributed by atoms with Crippen molar-refractivity contribution >= 4 is 34.7 Å². The van der Waals surface area contributed by atoms with E-state index < -0.39 is 5.82 Å². The number of methoxy groups -OCH3 is 1. The highest BCUT2D eigenvalue weighted by molar-refractivity contribution is 7.98. The van der Waals surface area contributed by atoms with Crippen LogP contribution in [0.5, 0.6) is 5.75 Å². The van der Waals surface area contributed by atoms with Gasteiger partial charge in [0.25, 0.3) is 5.91 Å². The number of thiazole rings is 1. The van der Waals surface area contributed by atoms with Crippen LogP contribution in [0, 0.1) is 5.82 Å². The maximum absolute atomic E-state index is 13.8. The molecule has 128 valence electrons. The van der Waals surface area contributed by atoms with E-state index in [-0.39, 0.29) is 11.7 Å². The molecule has 1 amide bonds. The van der Waals surface area contributed by atoms with Crippen molar-refractivity contribution in [3.63, 3.8) is 0 Å². The second kappa shape index (κ2) is 8.13. The Kier molecular flexibility index (Phi) is 5.67. The molecule has 0 radical (unpaired) electrons. The van der Waals surface area contributed by atoms with Gasteiger partial charge in [-0.15, -0.1) is 23.1 Å². The molecule has 1 heterocycles. The summed E-state index contributed by atoms with van der Waals surface area (Å²) in [6, 6.07) is 11.6. The smallest absolute Gasteiger partial charge is 0.256 e. The molecule has 3 rings (SSSR count). The van der Waals surface area contributed by atoms with E-state index in [1.807, 2.05) is 17.5 Å². The third-order valence-corrected chi connectivity index (χ3v) is 5.14. The van der Waals surface area contributed by atoms with Gasteiger partial charge in [-0.2, -0.15) is 0 Å². The van der Waals surface area contributed by atoms with Crippen LogP contribution in [0.4, 0.5) is 10.1 Å². The molecule has 0 bridgehead atoms. The van der Waals surface area contributed by atoms with Gasteiger partial charge in [-0.1, -0.05) is 12.1 Å². The van der Waals surface area contributed by atoms with Crippen molar-refractivity contribution in [3.05, 3.63) is 70.4 Å². The lowest BCUT2D eigenvalue weighted by Gasteiger charge is -2.10. The van der Waals surface area contributed by atoms with E-state index in [1.54, 1.807) is 46.8 Å². The normalized spacial score (nSPS) is 10.5. The molecule has 0 aliphatic rings. The summed E-state index contributed by atoms with van der Waals surface area (Å²) in [4.78, 5) is 17.7. The third kappa shape index (κ3) is 4.37. The van der Waals surface area contributed by atoms with E-state index in [1.165, 1.54) is 19.2 Å². The molecule has 0 fully saturated rings. The number of halogens is 1. The van der Waals surface area contributed by atoms with Crippen molar-refractivity contribution in [3.8, 4) is 5.75 Å². The van der Waals surface area contributed by atoms with Crippen LogP contribution in [0.3, 0.4) is 0 Å². The Morgan fingerprint density at radius 1 is 1.32 bits per heavy atom. The summed E-state index contributed by atoms with van der Waals surface area (Å²) in [5.74, 6) is 0.0139. The lowest BCUT2D eigenvalue weighted by atomic mass is 10.2. The first kappa shape index (κ1) is 17.4. The van der Waals surface area contributed by atoms with Gasteiger partial charge in [0.15, 0.2) is 11.6 Å². The van der Waals surface area contributed by atoms with Gasteiger partial charge in [0.2, 0.25) is 0 Å². The summed E-state index contributed by atoms with van der Waals surface area (Å²) in [7, 11) is 1.40. The zero-order valence-electron chi connectivity index (χ0n) is 13.4. The van der Waals surface area contributed by atoms with Crippen molar-refractivity contribution in [2.24, 2.45) is 0 Å². The first-order chi connectivity index (χ1) is 12.2. The van der Waals surface area contributed by atoms with Crippen LogP contribution in [0.25, 0.3) is 0 Å². The molecule has 1 N–H and O–H groups in total. The molecule has 2 aromatic carbocycles. The number of rotatable bonds is 6. The van der Waals surface area contributed by atoms with Gasteiger partial charge in [-0.05, 0) is 24.3 Å². The summed E-state index contributed by atoms with van der Waals surface area (Å²) >= 11 is 3.08. The minimum Gasteiger partial charge on any atom is -0.494 e. The second-order valence-corrected chi connectivity index (χ2v) is 6.80. The number of nitrogens with zero attached hydrogens (tertiary/aromatic N) is 1. The molecule has 3 aromatic rings. The molecule has 0 spiro atoms. The minimum atomic E-state index is -0.522. The number of carbonyl (C=O) groups is 1. The molecule has 0 atom stereocenters. The topological polar surface area (TPSA) is 51.2 Å². The van der Waals surface area contributed by atoms with Gasteiger partial charge in [0.1, 0.15) is 0 Å². The van der Waals surface area contributed by atoms with Gasteiger partial charge in [-0.25, -0.2) is 9.37 Å². The quantitative estimate of drug-likeness (QED) is 0.628. The number of ether oxygens (including phenoxy) is 1. The number of aromatic nitrogens is 1. The molecule has 1 aromatic heterocycles. The van der Waals surface area contributed by atoms with Crippen LogP contribution in [0.1, 0.15) is 16.1 Å². The number of carbonyl (C=O) groups excluding carboxylic acids is 1. The molecular weight excluding hydrogens is 359 g/mol. The van der Waals surface area contributed by atoms with Crippen molar-refractivity contribution in [1.29, 1.82) is 0 Å². The van der Waals surface area contributed by atoms with Crippen LogP contribution in [-0.2, 0) is 5.75 Å². The zero-order valence-corrected chi connectivity index (χ0v) is 15.0. The summed E-state index contributed by atoms with van der Waals surface area (Å²) in [5.41, 5.74) is 3.68.